The first-order chi connectivity index (χ1) is 8.06. The first-order valence-electron chi connectivity index (χ1n) is 6.20. The molecule has 0 aliphatic carbocycles. The van der Waals surface area contributed by atoms with Gasteiger partial charge in [-0.3, -0.25) is 0 Å². The zero-order valence-corrected chi connectivity index (χ0v) is 11.1. The summed E-state index contributed by atoms with van der Waals surface area (Å²) in [6.45, 7) is 9.40. The standard InChI is InChI=1S/C16H20O/c1-11(2)10-17-16-6-5-14-7-12(3)13(4)8-15(14)9-16/h5-9,11H,10H2,1-4H3. The highest BCUT2D eigenvalue weighted by molar-refractivity contribution is 5.85. The molecule has 0 atom stereocenters. The van der Waals surface area contributed by atoms with E-state index < -0.39 is 0 Å². The molecule has 2 rings (SSSR count). The van der Waals surface area contributed by atoms with Gasteiger partial charge in [0, 0.05) is 0 Å². The van der Waals surface area contributed by atoms with Crippen molar-refractivity contribution in [2.45, 2.75) is 27.7 Å². The molecule has 90 valence electrons. The summed E-state index contributed by atoms with van der Waals surface area (Å²) in [5, 5.41) is 2.54. The minimum atomic E-state index is 0.561. The Kier molecular flexibility index (Phi) is 3.37. The average Bonchev–Trinajstić information content (AvgIpc) is 2.28. The Morgan fingerprint density at radius 1 is 0.941 bits per heavy atom. The van der Waals surface area contributed by atoms with Gasteiger partial charge in [0.15, 0.2) is 0 Å². The van der Waals surface area contributed by atoms with Crippen LogP contribution in [-0.4, -0.2) is 6.61 Å². The van der Waals surface area contributed by atoms with Crippen LogP contribution in [0.1, 0.15) is 25.0 Å². The number of ether oxygens (including phenoxy) is 1. The first-order valence-corrected chi connectivity index (χ1v) is 6.20. The van der Waals surface area contributed by atoms with E-state index in [0.717, 1.165) is 12.4 Å². The second-order valence-electron chi connectivity index (χ2n) is 5.15. The molecule has 2 aromatic carbocycles. The third-order valence-electron chi connectivity index (χ3n) is 3.01. The molecule has 0 N–H and O–H groups in total. The van der Waals surface area contributed by atoms with Crippen LogP contribution >= 0.6 is 0 Å². The lowest BCUT2D eigenvalue weighted by Gasteiger charge is -2.10. The molecule has 0 aromatic heterocycles. The number of rotatable bonds is 3. The van der Waals surface area contributed by atoms with E-state index in [2.05, 4.69) is 58.0 Å². The largest absolute Gasteiger partial charge is 0.493 e. The van der Waals surface area contributed by atoms with Crippen LogP contribution < -0.4 is 4.74 Å². The lowest BCUT2D eigenvalue weighted by molar-refractivity contribution is 0.271. The van der Waals surface area contributed by atoms with Crippen LogP contribution in [0.3, 0.4) is 0 Å². The van der Waals surface area contributed by atoms with Gasteiger partial charge in [0.1, 0.15) is 5.75 Å². The summed E-state index contributed by atoms with van der Waals surface area (Å²) < 4.78 is 5.75. The van der Waals surface area contributed by atoms with Crippen molar-refractivity contribution in [1.29, 1.82) is 0 Å². The third kappa shape index (κ3) is 2.79. The summed E-state index contributed by atoms with van der Waals surface area (Å²) in [7, 11) is 0. The molecule has 0 unspecified atom stereocenters. The van der Waals surface area contributed by atoms with Gasteiger partial charge in [-0.1, -0.05) is 32.0 Å². The molecular formula is C16H20O. The summed E-state index contributed by atoms with van der Waals surface area (Å²) in [4.78, 5) is 0. The molecule has 0 bridgehead atoms. The minimum absolute atomic E-state index is 0.561. The Hall–Kier alpha value is -1.50. The third-order valence-corrected chi connectivity index (χ3v) is 3.01. The average molecular weight is 228 g/mol. The Labute approximate surface area is 103 Å². The predicted molar refractivity (Wildman–Crippen MR) is 73.8 cm³/mol. The fraction of sp³-hybridized carbons (Fsp3) is 0.375. The van der Waals surface area contributed by atoms with E-state index in [1.54, 1.807) is 0 Å². The van der Waals surface area contributed by atoms with Crippen molar-refractivity contribution in [2.75, 3.05) is 6.61 Å². The molecule has 0 spiro atoms. The van der Waals surface area contributed by atoms with Gasteiger partial charge in [0.2, 0.25) is 0 Å². The van der Waals surface area contributed by atoms with Crippen molar-refractivity contribution in [3.8, 4) is 5.75 Å². The van der Waals surface area contributed by atoms with Crippen molar-refractivity contribution in [3.05, 3.63) is 41.5 Å². The zero-order chi connectivity index (χ0) is 12.4. The second kappa shape index (κ2) is 4.79. The van der Waals surface area contributed by atoms with Gasteiger partial charge in [0.25, 0.3) is 0 Å². The molecule has 0 radical (unpaired) electrons. The van der Waals surface area contributed by atoms with E-state index in [1.165, 1.54) is 21.9 Å². The smallest absolute Gasteiger partial charge is 0.119 e. The van der Waals surface area contributed by atoms with Crippen LogP contribution in [0, 0.1) is 19.8 Å². The Balaban J connectivity index is 2.33. The van der Waals surface area contributed by atoms with Crippen molar-refractivity contribution in [3.63, 3.8) is 0 Å². The first kappa shape index (κ1) is 12.0. The topological polar surface area (TPSA) is 9.23 Å². The lowest BCUT2D eigenvalue weighted by Crippen LogP contribution is -2.04. The molecular weight excluding hydrogens is 208 g/mol. The maximum absolute atomic E-state index is 5.75. The number of fused-ring (bicyclic) bond motifs is 1. The van der Waals surface area contributed by atoms with Crippen molar-refractivity contribution in [1.82, 2.24) is 0 Å². The minimum Gasteiger partial charge on any atom is -0.493 e. The van der Waals surface area contributed by atoms with Gasteiger partial charge in [-0.05, 0) is 53.8 Å². The zero-order valence-electron chi connectivity index (χ0n) is 11.1. The van der Waals surface area contributed by atoms with E-state index in [9.17, 15) is 0 Å². The summed E-state index contributed by atoms with van der Waals surface area (Å²) in [6, 6.07) is 10.8. The SMILES string of the molecule is Cc1cc2ccc(OCC(C)C)cc2cc1C. The monoisotopic (exact) mass is 228 g/mol. The van der Waals surface area contributed by atoms with E-state index in [1.807, 2.05) is 0 Å². The fourth-order valence-electron chi connectivity index (χ4n) is 1.86. The molecule has 1 heteroatoms. The maximum Gasteiger partial charge on any atom is 0.119 e. The van der Waals surface area contributed by atoms with Crippen LogP contribution in [0.25, 0.3) is 10.8 Å². The van der Waals surface area contributed by atoms with Gasteiger partial charge < -0.3 is 4.74 Å². The van der Waals surface area contributed by atoms with Crippen molar-refractivity contribution in [2.24, 2.45) is 5.92 Å². The highest BCUT2D eigenvalue weighted by atomic mass is 16.5. The van der Waals surface area contributed by atoms with E-state index in [-0.39, 0.29) is 0 Å². The molecule has 0 fully saturated rings. The van der Waals surface area contributed by atoms with Crippen LogP contribution in [0.15, 0.2) is 30.3 Å². The summed E-state index contributed by atoms with van der Waals surface area (Å²) in [6.07, 6.45) is 0. The molecule has 0 saturated carbocycles. The van der Waals surface area contributed by atoms with E-state index in [4.69, 9.17) is 4.74 Å². The van der Waals surface area contributed by atoms with Gasteiger partial charge in [-0.25, -0.2) is 0 Å². The Morgan fingerprint density at radius 3 is 2.24 bits per heavy atom. The molecule has 2 aromatic rings. The summed E-state index contributed by atoms with van der Waals surface area (Å²) in [5.74, 6) is 1.53. The van der Waals surface area contributed by atoms with Crippen molar-refractivity contribution < 1.29 is 4.74 Å². The van der Waals surface area contributed by atoms with E-state index in [0.29, 0.717) is 5.92 Å². The van der Waals surface area contributed by atoms with Crippen LogP contribution in [0.2, 0.25) is 0 Å². The normalized spacial score (nSPS) is 11.1. The number of hydrogen-bond acceptors (Lipinski definition) is 1. The van der Waals surface area contributed by atoms with Crippen molar-refractivity contribution >= 4 is 10.8 Å². The fourth-order valence-corrected chi connectivity index (χ4v) is 1.86. The quantitative estimate of drug-likeness (QED) is 0.752. The van der Waals surface area contributed by atoms with Crippen LogP contribution in [0.5, 0.6) is 5.75 Å². The molecule has 17 heavy (non-hydrogen) atoms. The highest BCUT2D eigenvalue weighted by Gasteiger charge is 2.01. The molecule has 0 amide bonds. The number of hydrogen-bond donors (Lipinski definition) is 0. The van der Waals surface area contributed by atoms with Gasteiger partial charge in [0.05, 0.1) is 6.61 Å². The molecule has 0 aliphatic rings. The highest BCUT2D eigenvalue weighted by Crippen LogP contribution is 2.24. The molecule has 0 heterocycles. The maximum atomic E-state index is 5.75. The Morgan fingerprint density at radius 2 is 1.59 bits per heavy atom. The van der Waals surface area contributed by atoms with Crippen LogP contribution in [-0.2, 0) is 0 Å². The van der Waals surface area contributed by atoms with Gasteiger partial charge in [-0.2, -0.15) is 0 Å². The molecule has 0 aliphatic heterocycles. The van der Waals surface area contributed by atoms with Gasteiger partial charge >= 0.3 is 0 Å². The Bertz CT molecular complexity index is 526. The number of benzene rings is 2. The van der Waals surface area contributed by atoms with Gasteiger partial charge in [-0.15, -0.1) is 0 Å². The van der Waals surface area contributed by atoms with Crippen LogP contribution in [0.4, 0.5) is 0 Å². The predicted octanol–water partition coefficient (Wildman–Crippen LogP) is 4.49. The van der Waals surface area contributed by atoms with E-state index >= 15 is 0 Å². The second-order valence-corrected chi connectivity index (χ2v) is 5.15. The molecule has 0 saturated heterocycles. The summed E-state index contributed by atoms with van der Waals surface area (Å²) >= 11 is 0. The number of aryl methyl sites for hydroxylation is 2. The molecule has 1 nitrogen and oxygen atoms in total. The summed E-state index contributed by atoms with van der Waals surface area (Å²) in [5.41, 5.74) is 2.67. The lowest BCUT2D eigenvalue weighted by atomic mass is 10.0.